The van der Waals surface area contributed by atoms with Gasteiger partial charge in [-0.15, -0.1) is 11.3 Å². The lowest BCUT2D eigenvalue weighted by Gasteiger charge is -2.18. The minimum atomic E-state index is -0.542. The largest absolute Gasteiger partial charge is 0.365 e. The number of fused-ring (bicyclic) bond motifs is 1. The SMILES string of the molecule is CC1CCc2c(sc(NC(=O)C=Cc3cccc([N+](=O)[O-])c3)c2C(N)=O)C1. The predicted molar refractivity (Wildman–Crippen MR) is 105 cm³/mol. The second-order valence-corrected chi connectivity index (χ2v) is 7.70. The summed E-state index contributed by atoms with van der Waals surface area (Å²) >= 11 is 1.39. The van der Waals surface area contributed by atoms with Gasteiger partial charge in [0.1, 0.15) is 5.00 Å². The average Bonchev–Trinajstić information content (AvgIpc) is 2.97. The molecule has 0 saturated heterocycles. The second kappa shape index (κ2) is 7.71. The second-order valence-electron chi connectivity index (χ2n) is 6.59. The van der Waals surface area contributed by atoms with Gasteiger partial charge in [-0.25, -0.2) is 0 Å². The Kier molecular flexibility index (Phi) is 5.36. The van der Waals surface area contributed by atoms with Crippen molar-refractivity contribution in [2.24, 2.45) is 11.7 Å². The van der Waals surface area contributed by atoms with Gasteiger partial charge in [-0.1, -0.05) is 19.1 Å². The van der Waals surface area contributed by atoms with Gasteiger partial charge in [0.15, 0.2) is 0 Å². The van der Waals surface area contributed by atoms with Gasteiger partial charge >= 0.3 is 0 Å². The highest BCUT2D eigenvalue weighted by atomic mass is 32.1. The Bertz CT molecular complexity index is 948. The fourth-order valence-corrected chi connectivity index (χ4v) is 4.59. The molecule has 1 heterocycles. The molecule has 1 atom stereocenters. The summed E-state index contributed by atoms with van der Waals surface area (Å²) in [6.45, 7) is 2.16. The Hall–Kier alpha value is -3.00. The molecule has 1 aromatic carbocycles. The van der Waals surface area contributed by atoms with E-state index in [4.69, 9.17) is 5.73 Å². The van der Waals surface area contributed by atoms with Crippen LogP contribution in [-0.2, 0) is 17.6 Å². The molecule has 27 heavy (non-hydrogen) atoms. The van der Waals surface area contributed by atoms with Crippen molar-refractivity contribution < 1.29 is 14.5 Å². The van der Waals surface area contributed by atoms with Crippen LogP contribution >= 0.6 is 11.3 Å². The molecule has 8 heteroatoms. The molecule has 0 aliphatic heterocycles. The number of carbonyl (C=O) groups excluding carboxylic acids is 2. The fourth-order valence-electron chi connectivity index (χ4n) is 3.17. The Morgan fingerprint density at radius 1 is 1.41 bits per heavy atom. The molecule has 7 nitrogen and oxygen atoms in total. The molecule has 0 fully saturated rings. The van der Waals surface area contributed by atoms with Gasteiger partial charge < -0.3 is 11.1 Å². The number of hydrogen-bond donors (Lipinski definition) is 2. The third-order valence-electron chi connectivity index (χ3n) is 4.50. The summed E-state index contributed by atoms with van der Waals surface area (Å²) in [5.74, 6) is -0.426. The van der Waals surface area contributed by atoms with E-state index in [9.17, 15) is 19.7 Å². The Balaban J connectivity index is 1.79. The van der Waals surface area contributed by atoms with E-state index < -0.39 is 16.7 Å². The summed E-state index contributed by atoms with van der Waals surface area (Å²) in [5, 5.41) is 14.0. The van der Waals surface area contributed by atoms with Crippen molar-refractivity contribution >= 4 is 39.9 Å². The van der Waals surface area contributed by atoms with E-state index in [1.165, 1.54) is 35.6 Å². The summed E-state index contributed by atoms with van der Waals surface area (Å²) in [6.07, 6.45) is 5.42. The van der Waals surface area contributed by atoms with E-state index in [2.05, 4.69) is 12.2 Å². The minimum absolute atomic E-state index is 0.0476. The van der Waals surface area contributed by atoms with E-state index in [1.807, 2.05) is 0 Å². The highest BCUT2D eigenvalue weighted by Crippen LogP contribution is 2.39. The molecule has 0 saturated carbocycles. The van der Waals surface area contributed by atoms with Crippen LogP contribution in [0.4, 0.5) is 10.7 Å². The number of carbonyl (C=O) groups is 2. The molecule has 3 rings (SSSR count). The third-order valence-corrected chi connectivity index (χ3v) is 5.67. The van der Waals surface area contributed by atoms with Gasteiger partial charge in [-0.2, -0.15) is 0 Å². The molecule has 1 unspecified atom stereocenters. The van der Waals surface area contributed by atoms with Crippen LogP contribution in [-0.4, -0.2) is 16.7 Å². The standard InChI is InChI=1S/C19H19N3O4S/c1-11-5-7-14-15(9-11)27-19(17(14)18(20)24)21-16(23)8-6-12-3-2-4-13(10-12)22(25)26/h2-4,6,8,10-11H,5,7,9H2,1H3,(H2,20,24)(H,21,23). The number of benzene rings is 1. The van der Waals surface area contributed by atoms with Crippen LogP contribution in [0.3, 0.4) is 0 Å². The Morgan fingerprint density at radius 2 is 2.19 bits per heavy atom. The predicted octanol–water partition coefficient (Wildman–Crippen LogP) is 3.53. The quantitative estimate of drug-likeness (QED) is 0.465. The van der Waals surface area contributed by atoms with Gasteiger partial charge in [-0.05, 0) is 42.4 Å². The summed E-state index contributed by atoms with van der Waals surface area (Å²) in [6, 6.07) is 5.98. The first-order chi connectivity index (χ1) is 12.8. The monoisotopic (exact) mass is 385 g/mol. The molecule has 0 radical (unpaired) electrons. The van der Waals surface area contributed by atoms with Crippen molar-refractivity contribution in [2.45, 2.75) is 26.2 Å². The molecule has 0 bridgehead atoms. The normalized spacial score (nSPS) is 16.1. The summed E-state index contributed by atoms with van der Waals surface area (Å²) in [5.41, 5.74) is 7.38. The van der Waals surface area contributed by atoms with Crippen molar-refractivity contribution in [1.82, 2.24) is 0 Å². The van der Waals surface area contributed by atoms with Crippen LogP contribution < -0.4 is 11.1 Å². The fraction of sp³-hybridized carbons (Fsp3) is 0.263. The van der Waals surface area contributed by atoms with Gasteiger partial charge in [0.05, 0.1) is 10.5 Å². The van der Waals surface area contributed by atoms with Crippen LogP contribution in [0.2, 0.25) is 0 Å². The lowest BCUT2D eigenvalue weighted by atomic mass is 9.88. The number of nitrogens with zero attached hydrogens (tertiary/aromatic N) is 1. The van der Waals surface area contributed by atoms with Crippen LogP contribution in [0, 0.1) is 16.0 Å². The molecule has 2 aromatic rings. The highest BCUT2D eigenvalue weighted by Gasteiger charge is 2.26. The number of thiophene rings is 1. The number of primary amides is 1. The number of hydrogen-bond acceptors (Lipinski definition) is 5. The van der Waals surface area contributed by atoms with E-state index in [-0.39, 0.29) is 5.69 Å². The van der Waals surface area contributed by atoms with E-state index in [0.717, 1.165) is 29.7 Å². The van der Waals surface area contributed by atoms with E-state index >= 15 is 0 Å². The van der Waals surface area contributed by atoms with Crippen molar-refractivity contribution in [2.75, 3.05) is 5.32 Å². The maximum Gasteiger partial charge on any atom is 0.270 e. The van der Waals surface area contributed by atoms with Crippen molar-refractivity contribution in [3.63, 3.8) is 0 Å². The van der Waals surface area contributed by atoms with Crippen molar-refractivity contribution in [3.05, 3.63) is 62.0 Å². The van der Waals surface area contributed by atoms with Crippen LogP contribution in [0.15, 0.2) is 30.3 Å². The molecule has 1 aliphatic rings. The summed E-state index contributed by atoms with van der Waals surface area (Å²) in [7, 11) is 0. The maximum atomic E-state index is 12.3. The molecule has 1 aromatic heterocycles. The lowest BCUT2D eigenvalue weighted by Crippen LogP contribution is -2.18. The highest BCUT2D eigenvalue weighted by molar-refractivity contribution is 7.17. The smallest absolute Gasteiger partial charge is 0.270 e. The summed E-state index contributed by atoms with van der Waals surface area (Å²) < 4.78 is 0. The third kappa shape index (κ3) is 4.22. The Morgan fingerprint density at radius 3 is 2.89 bits per heavy atom. The lowest BCUT2D eigenvalue weighted by molar-refractivity contribution is -0.384. The molecule has 2 amide bonds. The molecular weight excluding hydrogens is 366 g/mol. The summed E-state index contributed by atoms with van der Waals surface area (Å²) in [4.78, 5) is 35.6. The maximum absolute atomic E-state index is 12.3. The number of nitro benzene ring substituents is 1. The van der Waals surface area contributed by atoms with Gasteiger partial charge in [0.2, 0.25) is 5.91 Å². The zero-order valence-corrected chi connectivity index (χ0v) is 15.5. The minimum Gasteiger partial charge on any atom is -0.365 e. The number of amides is 2. The van der Waals surface area contributed by atoms with Gasteiger partial charge in [-0.3, -0.25) is 19.7 Å². The number of non-ortho nitro benzene ring substituents is 1. The number of nitrogens with one attached hydrogen (secondary N) is 1. The molecule has 1 aliphatic carbocycles. The number of nitro groups is 1. The molecule has 140 valence electrons. The topological polar surface area (TPSA) is 115 Å². The number of nitrogens with two attached hydrogens (primary N) is 1. The number of anilines is 1. The van der Waals surface area contributed by atoms with Crippen molar-refractivity contribution in [1.29, 1.82) is 0 Å². The zero-order valence-electron chi connectivity index (χ0n) is 14.7. The van der Waals surface area contributed by atoms with Gasteiger partial charge in [0.25, 0.3) is 11.6 Å². The van der Waals surface area contributed by atoms with Crippen LogP contribution in [0.5, 0.6) is 0 Å². The average molecular weight is 385 g/mol. The molecule has 0 spiro atoms. The first-order valence-electron chi connectivity index (χ1n) is 8.53. The van der Waals surface area contributed by atoms with E-state index in [0.29, 0.717) is 22.0 Å². The van der Waals surface area contributed by atoms with Crippen molar-refractivity contribution in [3.8, 4) is 0 Å². The zero-order chi connectivity index (χ0) is 19.6. The Labute approximate surface area is 160 Å². The molecule has 3 N–H and O–H groups in total. The first kappa shape index (κ1) is 18.8. The van der Waals surface area contributed by atoms with Crippen LogP contribution in [0.1, 0.15) is 39.7 Å². The van der Waals surface area contributed by atoms with Gasteiger partial charge in [0, 0.05) is 23.1 Å². The first-order valence-corrected chi connectivity index (χ1v) is 9.34. The van der Waals surface area contributed by atoms with E-state index in [1.54, 1.807) is 12.1 Å². The molecular formula is C19H19N3O4S. The number of rotatable bonds is 5. The van der Waals surface area contributed by atoms with Crippen LogP contribution in [0.25, 0.3) is 6.08 Å².